The number of pyridine rings is 1. The standard InChI is InChI=1S/C24H34N6O.HI/c1-25-23(31)21-9-7-8-19(16-21)12-13-27-24(26-2)29-18-20-10-11-22(28-17-20)30-14-5-3-4-6-15-30;/h7-11,16-17H,3-6,12-15,18H2,1-2H3,(H,25,31)(H2,26,27,29);1H. The quantitative estimate of drug-likeness (QED) is 0.280. The molecular formula is C24H35IN6O. The number of aliphatic imine (C=N–C) groups is 1. The Morgan fingerprint density at radius 3 is 2.50 bits per heavy atom. The monoisotopic (exact) mass is 550 g/mol. The molecule has 3 rings (SSSR count). The lowest BCUT2D eigenvalue weighted by atomic mass is 10.1. The molecule has 2 heterocycles. The van der Waals surface area contributed by atoms with Gasteiger partial charge in [0, 0.05) is 52.0 Å². The van der Waals surface area contributed by atoms with Gasteiger partial charge in [-0.1, -0.05) is 31.0 Å². The molecule has 1 aliphatic rings. The third-order valence-electron chi connectivity index (χ3n) is 5.55. The van der Waals surface area contributed by atoms with E-state index in [2.05, 4.69) is 43.0 Å². The van der Waals surface area contributed by atoms with E-state index >= 15 is 0 Å². The molecule has 32 heavy (non-hydrogen) atoms. The van der Waals surface area contributed by atoms with Crippen molar-refractivity contribution in [3.63, 3.8) is 0 Å². The summed E-state index contributed by atoms with van der Waals surface area (Å²) < 4.78 is 0. The van der Waals surface area contributed by atoms with Gasteiger partial charge >= 0.3 is 0 Å². The van der Waals surface area contributed by atoms with Crippen LogP contribution in [-0.2, 0) is 13.0 Å². The highest BCUT2D eigenvalue weighted by Gasteiger charge is 2.11. The van der Waals surface area contributed by atoms with Gasteiger partial charge in [0.15, 0.2) is 5.96 Å². The number of nitrogens with one attached hydrogen (secondary N) is 3. The van der Waals surface area contributed by atoms with E-state index in [1.54, 1.807) is 14.1 Å². The summed E-state index contributed by atoms with van der Waals surface area (Å²) in [4.78, 5) is 23.1. The maximum Gasteiger partial charge on any atom is 0.251 e. The van der Waals surface area contributed by atoms with Crippen molar-refractivity contribution in [3.05, 3.63) is 59.3 Å². The maximum absolute atomic E-state index is 11.8. The summed E-state index contributed by atoms with van der Waals surface area (Å²) in [5.41, 5.74) is 2.91. The van der Waals surface area contributed by atoms with E-state index in [9.17, 15) is 4.79 Å². The molecule has 0 bridgehead atoms. The summed E-state index contributed by atoms with van der Waals surface area (Å²) in [6, 6.07) is 11.9. The highest BCUT2D eigenvalue weighted by Crippen LogP contribution is 2.17. The van der Waals surface area contributed by atoms with Crippen molar-refractivity contribution in [3.8, 4) is 0 Å². The Hall–Kier alpha value is -2.36. The Bertz CT molecular complexity index is 863. The maximum atomic E-state index is 11.8. The number of halogens is 1. The molecule has 0 saturated carbocycles. The summed E-state index contributed by atoms with van der Waals surface area (Å²) >= 11 is 0. The number of hydrogen-bond acceptors (Lipinski definition) is 4. The smallest absolute Gasteiger partial charge is 0.251 e. The van der Waals surface area contributed by atoms with Crippen LogP contribution in [0, 0.1) is 0 Å². The van der Waals surface area contributed by atoms with Crippen LogP contribution in [0.15, 0.2) is 47.6 Å². The molecule has 1 aliphatic heterocycles. The predicted molar refractivity (Wildman–Crippen MR) is 142 cm³/mol. The molecule has 1 amide bonds. The molecule has 8 heteroatoms. The average molecular weight is 550 g/mol. The second-order valence-corrected chi connectivity index (χ2v) is 7.81. The van der Waals surface area contributed by atoms with Crippen molar-refractivity contribution < 1.29 is 4.79 Å². The first kappa shape index (κ1) is 25.9. The van der Waals surface area contributed by atoms with Gasteiger partial charge in [-0.25, -0.2) is 4.98 Å². The lowest BCUT2D eigenvalue weighted by Crippen LogP contribution is -2.37. The van der Waals surface area contributed by atoms with Gasteiger partial charge in [-0.15, -0.1) is 24.0 Å². The SMILES string of the molecule is CN=C(NCCc1cccc(C(=O)NC)c1)NCc1ccc(N2CCCCCC2)nc1.I. The fraction of sp³-hybridized carbons (Fsp3) is 0.458. The average Bonchev–Trinajstić information content (AvgIpc) is 3.11. The zero-order chi connectivity index (χ0) is 21.9. The van der Waals surface area contributed by atoms with Gasteiger partial charge < -0.3 is 20.9 Å². The molecule has 7 nitrogen and oxygen atoms in total. The fourth-order valence-corrected chi connectivity index (χ4v) is 3.75. The minimum atomic E-state index is -0.0669. The summed E-state index contributed by atoms with van der Waals surface area (Å²) in [6.07, 6.45) is 7.91. The van der Waals surface area contributed by atoms with E-state index in [0.717, 1.165) is 49.0 Å². The zero-order valence-electron chi connectivity index (χ0n) is 19.1. The molecule has 3 N–H and O–H groups in total. The number of carbonyl (C=O) groups is 1. The van der Waals surface area contributed by atoms with Crippen LogP contribution in [0.4, 0.5) is 5.82 Å². The Morgan fingerprint density at radius 2 is 1.84 bits per heavy atom. The first-order chi connectivity index (χ1) is 15.2. The summed E-state index contributed by atoms with van der Waals surface area (Å²) in [6.45, 7) is 3.60. The van der Waals surface area contributed by atoms with E-state index in [1.807, 2.05) is 30.5 Å². The Balaban J connectivity index is 0.00000363. The molecule has 174 valence electrons. The molecule has 0 radical (unpaired) electrons. The van der Waals surface area contributed by atoms with Crippen molar-refractivity contribution in [1.29, 1.82) is 0 Å². The minimum Gasteiger partial charge on any atom is -0.357 e. The number of carbonyl (C=O) groups excluding carboxylic acids is 1. The van der Waals surface area contributed by atoms with Gasteiger partial charge in [0.1, 0.15) is 5.82 Å². The van der Waals surface area contributed by atoms with Crippen molar-refractivity contribution in [2.75, 3.05) is 38.6 Å². The van der Waals surface area contributed by atoms with E-state index in [0.29, 0.717) is 12.1 Å². The van der Waals surface area contributed by atoms with Crippen LogP contribution in [0.25, 0.3) is 0 Å². The van der Waals surface area contributed by atoms with Crippen molar-refractivity contribution in [1.82, 2.24) is 20.9 Å². The second kappa shape index (κ2) is 13.9. The van der Waals surface area contributed by atoms with Crippen LogP contribution in [0.5, 0.6) is 0 Å². The zero-order valence-corrected chi connectivity index (χ0v) is 21.4. The first-order valence-electron chi connectivity index (χ1n) is 11.1. The topological polar surface area (TPSA) is 81.6 Å². The van der Waals surface area contributed by atoms with Gasteiger partial charge in [-0.05, 0) is 48.6 Å². The fourth-order valence-electron chi connectivity index (χ4n) is 3.75. The molecular weight excluding hydrogens is 515 g/mol. The first-order valence-corrected chi connectivity index (χ1v) is 11.1. The van der Waals surface area contributed by atoms with E-state index < -0.39 is 0 Å². The van der Waals surface area contributed by atoms with Crippen molar-refractivity contribution >= 4 is 41.7 Å². The van der Waals surface area contributed by atoms with E-state index in [4.69, 9.17) is 0 Å². The molecule has 0 aliphatic carbocycles. The third-order valence-corrected chi connectivity index (χ3v) is 5.55. The Kier molecular flexibility index (Phi) is 11.3. The normalized spacial score (nSPS) is 14.2. The van der Waals surface area contributed by atoms with Gasteiger partial charge in [-0.2, -0.15) is 0 Å². The van der Waals surface area contributed by atoms with Gasteiger partial charge in [-0.3, -0.25) is 9.79 Å². The molecule has 1 fully saturated rings. The highest BCUT2D eigenvalue weighted by atomic mass is 127. The number of guanidine groups is 1. The number of rotatable bonds is 7. The molecule has 1 aromatic heterocycles. The van der Waals surface area contributed by atoms with Crippen molar-refractivity contribution in [2.45, 2.75) is 38.6 Å². The number of hydrogen-bond donors (Lipinski definition) is 3. The van der Waals surface area contributed by atoms with Crippen LogP contribution in [-0.4, -0.2) is 50.6 Å². The lowest BCUT2D eigenvalue weighted by molar-refractivity contribution is 0.0963. The summed E-state index contributed by atoms with van der Waals surface area (Å²) in [5.74, 6) is 1.76. The van der Waals surface area contributed by atoms with Crippen LogP contribution in [0.1, 0.15) is 47.2 Å². The number of anilines is 1. The molecule has 1 aromatic carbocycles. The Morgan fingerprint density at radius 1 is 1.06 bits per heavy atom. The number of amides is 1. The molecule has 0 spiro atoms. The minimum absolute atomic E-state index is 0. The summed E-state index contributed by atoms with van der Waals surface area (Å²) in [7, 11) is 3.41. The van der Waals surface area contributed by atoms with Gasteiger partial charge in [0.25, 0.3) is 5.91 Å². The van der Waals surface area contributed by atoms with Crippen LogP contribution < -0.4 is 20.9 Å². The summed E-state index contributed by atoms with van der Waals surface area (Å²) in [5, 5.41) is 9.33. The van der Waals surface area contributed by atoms with Gasteiger partial charge in [0.2, 0.25) is 0 Å². The predicted octanol–water partition coefficient (Wildman–Crippen LogP) is 3.35. The van der Waals surface area contributed by atoms with Gasteiger partial charge in [0.05, 0.1) is 0 Å². The lowest BCUT2D eigenvalue weighted by Gasteiger charge is -2.21. The molecule has 0 unspecified atom stereocenters. The number of benzene rings is 1. The highest BCUT2D eigenvalue weighted by molar-refractivity contribution is 14.0. The van der Waals surface area contributed by atoms with Crippen LogP contribution in [0.2, 0.25) is 0 Å². The molecule has 2 aromatic rings. The molecule has 1 saturated heterocycles. The van der Waals surface area contributed by atoms with Crippen molar-refractivity contribution in [2.24, 2.45) is 4.99 Å². The van der Waals surface area contributed by atoms with E-state index in [-0.39, 0.29) is 29.9 Å². The largest absolute Gasteiger partial charge is 0.357 e. The van der Waals surface area contributed by atoms with Crippen LogP contribution >= 0.6 is 24.0 Å². The van der Waals surface area contributed by atoms with Crippen LogP contribution in [0.3, 0.4) is 0 Å². The molecule has 0 atom stereocenters. The second-order valence-electron chi connectivity index (χ2n) is 7.81. The third kappa shape index (κ3) is 7.96. The van der Waals surface area contributed by atoms with E-state index in [1.165, 1.54) is 25.7 Å². The Labute approximate surface area is 208 Å². The number of aromatic nitrogens is 1. The number of nitrogens with zero attached hydrogens (tertiary/aromatic N) is 3.